The fourth-order valence-corrected chi connectivity index (χ4v) is 3.88. The zero-order valence-corrected chi connectivity index (χ0v) is 23.8. The molecule has 0 aliphatic heterocycles. The molecule has 0 fully saturated rings. The minimum atomic E-state index is -1.65. The maximum atomic E-state index is 13.6. The molecule has 0 atom stereocenters. The van der Waals surface area contributed by atoms with Crippen LogP contribution < -0.4 is 9.88 Å². The lowest BCUT2D eigenvalue weighted by atomic mass is 10.0. The molecule has 0 unspecified atom stereocenters. The van der Waals surface area contributed by atoms with Crippen LogP contribution in [0.4, 0.5) is 53.0 Å². The molecule has 0 N–H and O–H groups in total. The molecule has 0 radical (unpaired) electrons. The summed E-state index contributed by atoms with van der Waals surface area (Å²) in [6.45, 7) is -0.502. The van der Waals surface area contributed by atoms with Crippen molar-refractivity contribution >= 4 is 0 Å². The lowest BCUT2D eigenvalue weighted by Crippen LogP contribution is -1.95. The number of hydrogen-bond acceptors (Lipinski definition) is 2. The Morgan fingerprint density at radius 1 is 0.447 bits per heavy atom. The summed E-state index contributed by atoms with van der Waals surface area (Å²) >= 11 is 0. The molecule has 0 amide bonds. The molecule has 0 spiro atoms. The normalized spacial score (nSPS) is 10.4. The summed E-state index contributed by atoms with van der Waals surface area (Å²) in [5.41, 5.74) is 0.693. The van der Waals surface area contributed by atoms with Gasteiger partial charge in [-0.15, -0.1) is 0 Å². The summed E-state index contributed by atoms with van der Waals surface area (Å²) in [5.74, 6) is -10.5. The van der Waals surface area contributed by atoms with Gasteiger partial charge in [-0.25, -0.2) is 43.9 Å². The Balaban J connectivity index is 0.000000198. The van der Waals surface area contributed by atoms with Gasteiger partial charge in [0, 0.05) is 32.8 Å². The molecule has 0 aliphatic carbocycles. The minimum Gasteiger partial charge on any atom is -0.294 e. The number of hydrogen-bond donors (Lipinski definition) is 0. The van der Waals surface area contributed by atoms with Gasteiger partial charge in [-0.05, 0) is 60.0 Å². The molecule has 0 saturated carbocycles. The largest absolute Gasteiger partial charge is 0.294 e. The Morgan fingerprint density at radius 3 is 1.28 bits per heavy atom. The van der Waals surface area contributed by atoms with Crippen LogP contribution in [0.2, 0.25) is 0 Å². The Hall–Kier alpha value is -5.14. The first-order chi connectivity index (χ1) is 22.3. The molecule has 0 bridgehead atoms. The Labute approximate surface area is 259 Å². The Kier molecular flexibility index (Phi) is 12.7. The molecular weight excluding hydrogens is 656 g/mol. The van der Waals surface area contributed by atoms with Gasteiger partial charge in [-0.3, -0.25) is 9.88 Å². The molecule has 0 saturated heterocycles. The SMILES string of the molecule is Cc1ccc(-c2cc(F)c(CF)c(F)c2)cc1.FCc1c(F)cc(-c2ccc(OF)cc2F)cc1F.FOc1cc(F)c(F)c(F)c1. The molecule has 0 aromatic heterocycles. The smallest absolute Gasteiger partial charge is 0.194 e. The molecular formula is C33H20F12O2. The maximum absolute atomic E-state index is 13.6. The van der Waals surface area contributed by atoms with Gasteiger partial charge in [0.15, 0.2) is 29.0 Å². The van der Waals surface area contributed by atoms with E-state index in [1.54, 1.807) is 12.1 Å². The fraction of sp³-hybridized carbons (Fsp3) is 0.0909. The van der Waals surface area contributed by atoms with Crippen LogP contribution in [0.3, 0.4) is 0 Å². The Bertz CT molecular complexity index is 1760. The van der Waals surface area contributed by atoms with Crippen molar-refractivity contribution in [3.05, 3.63) is 142 Å². The van der Waals surface area contributed by atoms with Crippen LogP contribution in [-0.2, 0) is 13.3 Å². The summed E-state index contributed by atoms with van der Waals surface area (Å²) in [5, 5.41) is 0. The highest BCUT2D eigenvalue weighted by Gasteiger charge is 2.15. The van der Waals surface area contributed by atoms with Crippen LogP contribution in [0.15, 0.2) is 78.9 Å². The van der Waals surface area contributed by atoms with Crippen LogP contribution >= 0.6 is 0 Å². The zero-order chi connectivity index (χ0) is 34.8. The molecule has 5 rings (SSSR count). The maximum Gasteiger partial charge on any atom is 0.194 e. The molecule has 0 heterocycles. The van der Waals surface area contributed by atoms with Gasteiger partial charge in [0.05, 0.1) is 11.1 Å². The van der Waals surface area contributed by atoms with Gasteiger partial charge in [0.2, 0.25) is 0 Å². The summed E-state index contributed by atoms with van der Waals surface area (Å²) < 4.78 is 151. The predicted molar refractivity (Wildman–Crippen MR) is 148 cm³/mol. The van der Waals surface area contributed by atoms with E-state index in [0.29, 0.717) is 23.3 Å². The number of aryl methyl sites for hydroxylation is 1. The van der Waals surface area contributed by atoms with E-state index in [0.717, 1.165) is 48.0 Å². The van der Waals surface area contributed by atoms with E-state index >= 15 is 0 Å². The third-order valence-electron chi connectivity index (χ3n) is 6.32. The second-order valence-corrected chi connectivity index (χ2v) is 9.47. The van der Waals surface area contributed by atoms with Gasteiger partial charge in [-0.2, -0.15) is 0 Å². The van der Waals surface area contributed by atoms with E-state index in [-0.39, 0.29) is 16.9 Å². The van der Waals surface area contributed by atoms with E-state index < -0.39 is 76.8 Å². The van der Waals surface area contributed by atoms with E-state index in [4.69, 9.17) is 0 Å². The molecule has 2 nitrogen and oxygen atoms in total. The molecule has 0 aliphatic rings. The second kappa shape index (κ2) is 16.4. The first-order valence-corrected chi connectivity index (χ1v) is 13.0. The summed E-state index contributed by atoms with van der Waals surface area (Å²) in [6.07, 6.45) is 0. The zero-order valence-electron chi connectivity index (χ0n) is 23.8. The van der Waals surface area contributed by atoms with Gasteiger partial charge in [0.25, 0.3) is 0 Å². The first-order valence-electron chi connectivity index (χ1n) is 13.0. The monoisotopic (exact) mass is 676 g/mol. The molecule has 5 aromatic rings. The van der Waals surface area contributed by atoms with E-state index in [1.165, 1.54) is 0 Å². The predicted octanol–water partition coefficient (Wildman–Crippen LogP) is 11.3. The van der Waals surface area contributed by atoms with Gasteiger partial charge < -0.3 is 0 Å². The van der Waals surface area contributed by atoms with Gasteiger partial charge >= 0.3 is 0 Å². The van der Waals surface area contributed by atoms with E-state index in [2.05, 4.69) is 9.88 Å². The molecule has 5 aromatic carbocycles. The van der Waals surface area contributed by atoms with Crippen LogP contribution in [-0.4, -0.2) is 0 Å². The highest BCUT2D eigenvalue weighted by molar-refractivity contribution is 5.66. The minimum absolute atomic E-state index is 0.116. The third kappa shape index (κ3) is 9.21. The van der Waals surface area contributed by atoms with Gasteiger partial charge in [-0.1, -0.05) is 29.8 Å². The average Bonchev–Trinajstić information content (AvgIpc) is 3.04. The standard InChI is InChI=1S/C14H11F3.C13H7F5O.C6H2F4O/c1-9-2-4-10(5-3-9)11-6-13(16)12(8-15)14(17)7-11;14-6-10-11(15)3-7(4-12(10)16)9-2-1-8(19-18)5-13(9)17;7-4-1-3(11-10)2-5(8)6(4)9/h2-7H,8H2,1H3;1-5H,6H2;1-2H. The molecule has 248 valence electrons. The topological polar surface area (TPSA) is 18.5 Å². The van der Waals surface area contributed by atoms with Crippen LogP contribution in [0.5, 0.6) is 11.5 Å². The second-order valence-electron chi connectivity index (χ2n) is 9.47. The van der Waals surface area contributed by atoms with E-state index in [9.17, 15) is 53.0 Å². The van der Waals surface area contributed by atoms with Gasteiger partial charge in [0.1, 0.15) is 42.4 Å². The van der Waals surface area contributed by atoms with Crippen LogP contribution in [0, 0.1) is 53.5 Å². The summed E-state index contributed by atoms with van der Waals surface area (Å²) in [7, 11) is 0. The van der Waals surface area contributed by atoms with Crippen molar-refractivity contribution in [2.45, 2.75) is 20.3 Å². The lowest BCUT2D eigenvalue weighted by molar-refractivity contribution is -0.00711. The first kappa shape index (κ1) is 36.3. The van der Waals surface area contributed by atoms with Crippen molar-refractivity contribution in [3.63, 3.8) is 0 Å². The quantitative estimate of drug-likeness (QED) is 0.132. The van der Waals surface area contributed by atoms with Crippen molar-refractivity contribution in [2.24, 2.45) is 0 Å². The van der Waals surface area contributed by atoms with Crippen LogP contribution in [0.25, 0.3) is 22.3 Å². The van der Waals surface area contributed by atoms with Crippen LogP contribution in [0.1, 0.15) is 16.7 Å². The lowest BCUT2D eigenvalue weighted by Gasteiger charge is -2.07. The number of halogens is 12. The highest BCUT2D eigenvalue weighted by atomic mass is 19.3. The highest BCUT2D eigenvalue weighted by Crippen LogP contribution is 2.30. The number of benzene rings is 5. The number of rotatable bonds is 6. The summed E-state index contributed by atoms with van der Waals surface area (Å²) in [6, 6.07) is 14.9. The molecule has 47 heavy (non-hydrogen) atoms. The average molecular weight is 676 g/mol. The Morgan fingerprint density at radius 2 is 0.872 bits per heavy atom. The third-order valence-corrected chi connectivity index (χ3v) is 6.32. The van der Waals surface area contributed by atoms with Crippen molar-refractivity contribution in [3.8, 4) is 33.8 Å². The van der Waals surface area contributed by atoms with E-state index in [1.807, 2.05) is 19.1 Å². The molecule has 14 heteroatoms. The van der Waals surface area contributed by atoms with Crippen molar-refractivity contribution < 1.29 is 62.8 Å². The van der Waals surface area contributed by atoms with Crippen molar-refractivity contribution in [1.29, 1.82) is 0 Å². The number of alkyl halides is 2. The van der Waals surface area contributed by atoms with Crippen molar-refractivity contribution in [2.75, 3.05) is 0 Å². The fourth-order valence-electron chi connectivity index (χ4n) is 3.88. The summed E-state index contributed by atoms with van der Waals surface area (Å²) in [4.78, 5) is 6.32. The van der Waals surface area contributed by atoms with Crippen molar-refractivity contribution in [1.82, 2.24) is 0 Å².